The number of nitrogens with zero attached hydrogens (tertiary/aromatic N) is 2. The number of aryl methyl sites for hydroxylation is 3. The van der Waals surface area contributed by atoms with E-state index in [4.69, 9.17) is 0 Å². The van der Waals surface area contributed by atoms with Gasteiger partial charge in [0.15, 0.2) is 0 Å². The van der Waals surface area contributed by atoms with Gasteiger partial charge in [0.05, 0.1) is 15.6 Å². The molecule has 0 spiro atoms. The average Bonchev–Trinajstić information content (AvgIpc) is 3.06. The van der Waals surface area contributed by atoms with E-state index < -0.39 is 10.0 Å². The van der Waals surface area contributed by atoms with E-state index in [0.717, 1.165) is 28.2 Å². The van der Waals surface area contributed by atoms with E-state index in [-0.39, 0.29) is 11.8 Å². The summed E-state index contributed by atoms with van der Waals surface area (Å²) >= 11 is 1.61. The standard InChI is InChI=1S/C20H27N3O3S2/c1-14-10-15(2)12-19(11-14)28(25,26)23-8-5-17(6-9-23)20(24)21-7-4-18-13-27-16(3)22-18/h10-13,17H,4-9H2,1-3H3,(H,21,24). The maximum absolute atomic E-state index is 12.9. The first-order valence-corrected chi connectivity index (χ1v) is 11.8. The predicted octanol–water partition coefficient (Wildman–Crippen LogP) is 2.83. The largest absolute Gasteiger partial charge is 0.355 e. The lowest BCUT2D eigenvalue weighted by molar-refractivity contribution is -0.126. The summed E-state index contributed by atoms with van der Waals surface area (Å²) < 4.78 is 27.3. The number of carbonyl (C=O) groups excluding carboxylic acids is 1. The van der Waals surface area contributed by atoms with Crippen molar-refractivity contribution >= 4 is 27.3 Å². The summed E-state index contributed by atoms with van der Waals surface area (Å²) in [5.74, 6) is -0.127. The SMILES string of the molecule is Cc1cc(C)cc(S(=O)(=O)N2CCC(C(=O)NCCc3csc(C)n3)CC2)c1. The fraction of sp³-hybridized carbons (Fsp3) is 0.500. The van der Waals surface area contributed by atoms with Crippen LogP contribution in [0.15, 0.2) is 28.5 Å². The summed E-state index contributed by atoms with van der Waals surface area (Å²) in [5.41, 5.74) is 2.86. The lowest BCUT2D eigenvalue weighted by Crippen LogP contribution is -2.43. The molecule has 2 heterocycles. The van der Waals surface area contributed by atoms with Gasteiger partial charge in [0.1, 0.15) is 0 Å². The summed E-state index contributed by atoms with van der Waals surface area (Å²) in [4.78, 5) is 17.1. The Balaban J connectivity index is 1.52. The third kappa shape index (κ3) is 4.98. The van der Waals surface area contributed by atoms with Crippen LogP contribution in [0, 0.1) is 26.7 Å². The highest BCUT2D eigenvalue weighted by Crippen LogP contribution is 2.25. The molecule has 1 amide bonds. The van der Waals surface area contributed by atoms with Gasteiger partial charge < -0.3 is 5.32 Å². The summed E-state index contributed by atoms with van der Waals surface area (Å²) in [5, 5.41) is 6.01. The van der Waals surface area contributed by atoms with E-state index >= 15 is 0 Å². The van der Waals surface area contributed by atoms with Crippen LogP contribution >= 0.6 is 11.3 Å². The number of sulfonamides is 1. The van der Waals surface area contributed by atoms with Gasteiger partial charge in [-0.3, -0.25) is 4.79 Å². The van der Waals surface area contributed by atoms with E-state index in [1.165, 1.54) is 4.31 Å². The van der Waals surface area contributed by atoms with Crippen molar-refractivity contribution in [1.82, 2.24) is 14.6 Å². The van der Waals surface area contributed by atoms with Gasteiger partial charge >= 0.3 is 0 Å². The van der Waals surface area contributed by atoms with Gasteiger partial charge in [-0.2, -0.15) is 4.31 Å². The van der Waals surface area contributed by atoms with Crippen LogP contribution < -0.4 is 5.32 Å². The van der Waals surface area contributed by atoms with E-state index in [1.807, 2.05) is 32.2 Å². The van der Waals surface area contributed by atoms with Crippen molar-refractivity contribution < 1.29 is 13.2 Å². The van der Waals surface area contributed by atoms with Crippen LogP contribution in [0.4, 0.5) is 0 Å². The molecular weight excluding hydrogens is 394 g/mol. The van der Waals surface area contributed by atoms with Gasteiger partial charge in [0.25, 0.3) is 0 Å². The normalized spacial score (nSPS) is 16.2. The zero-order chi connectivity index (χ0) is 20.3. The lowest BCUT2D eigenvalue weighted by atomic mass is 9.97. The number of carbonyl (C=O) groups is 1. The molecule has 2 aromatic rings. The summed E-state index contributed by atoms with van der Waals surface area (Å²) in [6.07, 6.45) is 1.81. The second-order valence-electron chi connectivity index (χ2n) is 7.40. The molecule has 1 aliphatic heterocycles. The van der Waals surface area contributed by atoms with Crippen LogP contribution in [0.2, 0.25) is 0 Å². The van der Waals surface area contributed by atoms with Gasteiger partial charge in [0, 0.05) is 37.4 Å². The first-order valence-electron chi connectivity index (χ1n) is 9.53. The molecule has 1 N–H and O–H groups in total. The van der Waals surface area contributed by atoms with Crippen LogP contribution in [0.5, 0.6) is 0 Å². The van der Waals surface area contributed by atoms with Crippen LogP contribution in [0.3, 0.4) is 0 Å². The molecule has 0 aliphatic carbocycles. The van der Waals surface area contributed by atoms with Crippen molar-refractivity contribution in [1.29, 1.82) is 0 Å². The van der Waals surface area contributed by atoms with Crippen LogP contribution in [-0.4, -0.2) is 43.2 Å². The Bertz CT molecular complexity index is 925. The first-order chi connectivity index (χ1) is 13.3. The van der Waals surface area contributed by atoms with Crippen molar-refractivity contribution in [2.45, 2.75) is 44.9 Å². The first kappa shape index (κ1) is 21.0. The number of aromatic nitrogens is 1. The minimum absolute atomic E-state index is 0.00963. The Labute approximate surface area is 171 Å². The van der Waals surface area contributed by atoms with Gasteiger partial charge in [-0.1, -0.05) is 6.07 Å². The van der Waals surface area contributed by atoms with Crippen molar-refractivity contribution in [3.05, 3.63) is 45.4 Å². The average molecular weight is 422 g/mol. The summed E-state index contributed by atoms with van der Waals surface area (Å²) in [6.45, 7) is 7.07. The van der Waals surface area contributed by atoms with Gasteiger partial charge in [-0.05, 0) is 56.9 Å². The van der Waals surface area contributed by atoms with E-state index in [1.54, 1.807) is 23.5 Å². The number of hydrogen-bond acceptors (Lipinski definition) is 5. The maximum Gasteiger partial charge on any atom is 0.243 e. The number of benzene rings is 1. The van der Waals surface area contributed by atoms with Gasteiger partial charge in [-0.25, -0.2) is 13.4 Å². The molecule has 0 radical (unpaired) electrons. The zero-order valence-corrected chi connectivity index (χ0v) is 18.2. The summed E-state index contributed by atoms with van der Waals surface area (Å²) in [7, 11) is -3.51. The molecule has 1 aromatic heterocycles. The third-order valence-corrected chi connectivity index (χ3v) is 7.70. The molecule has 0 unspecified atom stereocenters. The number of piperidine rings is 1. The van der Waals surface area contributed by atoms with E-state index in [2.05, 4.69) is 10.3 Å². The molecule has 1 aromatic carbocycles. The van der Waals surface area contributed by atoms with Crippen LogP contribution in [0.25, 0.3) is 0 Å². The molecule has 3 rings (SSSR count). The molecule has 1 saturated heterocycles. The second kappa shape index (κ2) is 8.71. The highest BCUT2D eigenvalue weighted by Gasteiger charge is 2.32. The van der Waals surface area contributed by atoms with Crippen molar-refractivity contribution in [2.75, 3.05) is 19.6 Å². The zero-order valence-electron chi connectivity index (χ0n) is 16.6. The fourth-order valence-electron chi connectivity index (χ4n) is 3.57. The number of hydrogen-bond donors (Lipinski definition) is 1. The fourth-order valence-corrected chi connectivity index (χ4v) is 5.88. The third-order valence-electron chi connectivity index (χ3n) is 5.00. The minimum atomic E-state index is -3.51. The molecule has 0 saturated carbocycles. The molecule has 152 valence electrons. The number of rotatable bonds is 6. The Morgan fingerprint density at radius 1 is 1.18 bits per heavy atom. The van der Waals surface area contributed by atoms with Crippen LogP contribution in [-0.2, 0) is 21.2 Å². The molecule has 0 atom stereocenters. The lowest BCUT2D eigenvalue weighted by Gasteiger charge is -2.30. The summed E-state index contributed by atoms with van der Waals surface area (Å²) in [6, 6.07) is 5.38. The minimum Gasteiger partial charge on any atom is -0.355 e. The molecule has 28 heavy (non-hydrogen) atoms. The predicted molar refractivity (Wildman–Crippen MR) is 111 cm³/mol. The Morgan fingerprint density at radius 2 is 1.82 bits per heavy atom. The smallest absolute Gasteiger partial charge is 0.243 e. The maximum atomic E-state index is 12.9. The Morgan fingerprint density at radius 3 is 2.39 bits per heavy atom. The van der Waals surface area contributed by atoms with Gasteiger partial charge in [0.2, 0.25) is 15.9 Å². The highest BCUT2D eigenvalue weighted by molar-refractivity contribution is 7.89. The number of nitrogens with one attached hydrogen (secondary N) is 1. The number of thiazole rings is 1. The molecular formula is C20H27N3O3S2. The molecule has 1 aliphatic rings. The van der Waals surface area contributed by atoms with E-state index in [0.29, 0.717) is 37.4 Å². The highest BCUT2D eigenvalue weighted by atomic mass is 32.2. The van der Waals surface area contributed by atoms with Gasteiger partial charge in [-0.15, -0.1) is 11.3 Å². The second-order valence-corrected chi connectivity index (χ2v) is 10.4. The quantitative estimate of drug-likeness (QED) is 0.778. The Kier molecular flexibility index (Phi) is 6.52. The molecule has 8 heteroatoms. The monoisotopic (exact) mass is 421 g/mol. The van der Waals surface area contributed by atoms with Crippen molar-refractivity contribution in [3.8, 4) is 0 Å². The molecule has 0 bridgehead atoms. The Hall–Kier alpha value is -1.77. The molecule has 6 nitrogen and oxygen atoms in total. The van der Waals surface area contributed by atoms with Crippen molar-refractivity contribution in [3.63, 3.8) is 0 Å². The number of amides is 1. The van der Waals surface area contributed by atoms with Crippen molar-refractivity contribution in [2.24, 2.45) is 5.92 Å². The van der Waals surface area contributed by atoms with E-state index in [9.17, 15) is 13.2 Å². The van der Waals surface area contributed by atoms with Crippen LogP contribution in [0.1, 0.15) is 34.7 Å². The topological polar surface area (TPSA) is 79.4 Å². The molecule has 1 fully saturated rings.